The van der Waals surface area contributed by atoms with E-state index < -0.39 is 11.5 Å². The number of hydrogen-bond acceptors (Lipinski definition) is 4. The standard InChI is InChI=1S/C6H9NO3.ClH/c1-10-5(9)6(7)2-4(8)3-6;/h2-3,7H2,1H3;1H. The number of Topliss-reactive ketones (excluding diaryl/α,β-unsaturated/α-hetero) is 1. The van der Waals surface area contributed by atoms with E-state index in [4.69, 9.17) is 5.73 Å². The molecule has 0 spiro atoms. The molecule has 0 aromatic carbocycles. The second-order valence-corrected chi connectivity index (χ2v) is 2.54. The van der Waals surface area contributed by atoms with Crippen molar-refractivity contribution >= 4 is 24.2 Å². The first-order valence-corrected chi connectivity index (χ1v) is 2.97. The summed E-state index contributed by atoms with van der Waals surface area (Å²) in [6, 6.07) is 0. The highest BCUT2D eigenvalue weighted by atomic mass is 35.5. The van der Waals surface area contributed by atoms with Gasteiger partial charge in [-0.05, 0) is 0 Å². The number of ketones is 1. The number of esters is 1. The number of carbonyl (C=O) groups is 2. The molecule has 1 aliphatic carbocycles. The molecule has 1 rings (SSSR count). The minimum absolute atomic E-state index is 0. The van der Waals surface area contributed by atoms with E-state index in [9.17, 15) is 9.59 Å². The highest BCUT2D eigenvalue weighted by molar-refractivity contribution is 6.00. The summed E-state index contributed by atoms with van der Waals surface area (Å²) < 4.78 is 4.39. The molecule has 0 heterocycles. The van der Waals surface area contributed by atoms with Gasteiger partial charge in [0.15, 0.2) is 0 Å². The zero-order valence-electron chi connectivity index (χ0n) is 6.12. The van der Waals surface area contributed by atoms with E-state index in [1.165, 1.54) is 7.11 Å². The van der Waals surface area contributed by atoms with Crippen molar-refractivity contribution in [2.75, 3.05) is 7.11 Å². The summed E-state index contributed by atoms with van der Waals surface area (Å²) in [6.45, 7) is 0. The van der Waals surface area contributed by atoms with Gasteiger partial charge in [-0.15, -0.1) is 12.4 Å². The second kappa shape index (κ2) is 3.19. The number of carbonyl (C=O) groups excluding carboxylic acids is 2. The van der Waals surface area contributed by atoms with Gasteiger partial charge in [-0.3, -0.25) is 9.59 Å². The molecule has 0 amide bonds. The van der Waals surface area contributed by atoms with Crippen LogP contribution in [0.5, 0.6) is 0 Å². The fraction of sp³-hybridized carbons (Fsp3) is 0.667. The molecule has 0 bridgehead atoms. The molecule has 1 aliphatic rings. The van der Waals surface area contributed by atoms with E-state index in [1.807, 2.05) is 0 Å². The maximum atomic E-state index is 10.8. The zero-order chi connectivity index (χ0) is 7.78. The van der Waals surface area contributed by atoms with Gasteiger partial charge < -0.3 is 10.5 Å². The first-order valence-electron chi connectivity index (χ1n) is 2.97. The number of halogens is 1. The van der Waals surface area contributed by atoms with Crippen LogP contribution in [-0.4, -0.2) is 24.4 Å². The number of ether oxygens (including phenoxy) is 1. The van der Waals surface area contributed by atoms with Crippen LogP contribution >= 0.6 is 12.4 Å². The Morgan fingerprint density at radius 2 is 2.09 bits per heavy atom. The van der Waals surface area contributed by atoms with Gasteiger partial charge in [-0.1, -0.05) is 0 Å². The molecule has 0 aromatic heterocycles. The third-order valence-electron chi connectivity index (χ3n) is 1.62. The molecule has 1 saturated carbocycles. The Hall–Kier alpha value is -0.610. The predicted molar refractivity (Wildman–Crippen MR) is 40.4 cm³/mol. The van der Waals surface area contributed by atoms with E-state index in [-0.39, 0.29) is 31.0 Å². The van der Waals surface area contributed by atoms with Crippen LogP contribution in [0.25, 0.3) is 0 Å². The van der Waals surface area contributed by atoms with E-state index in [2.05, 4.69) is 4.74 Å². The molecular formula is C6H10ClNO3. The fourth-order valence-electron chi connectivity index (χ4n) is 1.000. The van der Waals surface area contributed by atoms with Crippen molar-refractivity contribution in [1.82, 2.24) is 0 Å². The van der Waals surface area contributed by atoms with Crippen molar-refractivity contribution < 1.29 is 14.3 Å². The Labute approximate surface area is 70.5 Å². The summed E-state index contributed by atoms with van der Waals surface area (Å²) in [4.78, 5) is 21.2. The Morgan fingerprint density at radius 1 is 1.64 bits per heavy atom. The number of hydrogen-bond donors (Lipinski definition) is 1. The van der Waals surface area contributed by atoms with Gasteiger partial charge in [0.2, 0.25) is 0 Å². The zero-order valence-corrected chi connectivity index (χ0v) is 6.94. The summed E-state index contributed by atoms with van der Waals surface area (Å²) in [7, 11) is 1.26. The molecule has 0 atom stereocenters. The van der Waals surface area contributed by atoms with Crippen LogP contribution in [0.1, 0.15) is 12.8 Å². The normalized spacial score (nSPS) is 19.6. The SMILES string of the molecule is COC(=O)C1(N)CC(=O)C1.Cl. The Kier molecular flexibility index (Phi) is 3.02. The maximum absolute atomic E-state index is 10.8. The van der Waals surface area contributed by atoms with Crippen LogP contribution in [-0.2, 0) is 14.3 Å². The number of rotatable bonds is 1. The van der Waals surface area contributed by atoms with Gasteiger partial charge in [0, 0.05) is 12.8 Å². The van der Waals surface area contributed by atoms with Crippen molar-refractivity contribution in [3.63, 3.8) is 0 Å². The average molecular weight is 180 g/mol. The quantitative estimate of drug-likeness (QED) is 0.559. The van der Waals surface area contributed by atoms with E-state index >= 15 is 0 Å². The molecule has 4 nitrogen and oxygen atoms in total. The van der Waals surface area contributed by atoms with Crippen molar-refractivity contribution in [3.8, 4) is 0 Å². The van der Waals surface area contributed by atoms with Crippen molar-refractivity contribution in [1.29, 1.82) is 0 Å². The lowest BCUT2D eigenvalue weighted by atomic mass is 9.77. The molecule has 5 heteroatoms. The molecule has 0 saturated heterocycles. The summed E-state index contributed by atoms with van der Waals surface area (Å²) in [5.74, 6) is -0.472. The maximum Gasteiger partial charge on any atom is 0.326 e. The van der Waals surface area contributed by atoms with E-state index in [0.29, 0.717) is 0 Å². The Bertz CT molecular complexity index is 184. The highest BCUT2D eigenvalue weighted by Crippen LogP contribution is 2.26. The van der Waals surface area contributed by atoms with Gasteiger partial charge >= 0.3 is 5.97 Å². The van der Waals surface area contributed by atoms with Crippen LogP contribution in [0, 0.1) is 0 Å². The van der Waals surface area contributed by atoms with Crippen LogP contribution in [0.2, 0.25) is 0 Å². The van der Waals surface area contributed by atoms with Crippen LogP contribution in [0.3, 0.4) is 0 Å². The summed E-state index contributed by atoms with van der Waals surface area (Å²) in [5.41, 5.74) is 4.44. The molecule has 0 aromatic rings. The first kappa shape index (κ1) is 10.4. The van der Waals surface area contributed by atoms with Gasteiger partial charge in [0.05, 0.1) is 7.11 Å². The Morgan fingerprint density at radius 3 is 2.36 bits per heavy atom. The minimum atomic E-state index is -1.01. The van der Waals surface area contributed by atoms with Crippen LogP contribution in [0.4, 0.5) is 0 Å². The van der Waals surface area contributed by atoms with Gasteiger partial charge in [-0.25, -0.2) is 0 Å². The van der Waals surface area contributed by atoms with E-state index in [0.717, 1.165) is 0 Å². The topological polar surface area (TPSA) is 69.4 Å². The lowest BCUT2D eigenvalue weighted by Crippen LogP contribution is -2.58. The molecule has 2 N–H and O–H groups in total. The number of nitrogens with two attached hydrogens (primary N) is 1. The van der Waals surface area contributed by atoms with Crippen molar-refractivity contribution in [3.05, 3.63) is 0 Å². The summed E-state index contributed by atoms with van der Waals surface area (Å²) in [6.07, 6.45) is 0.249. The molecule has 64 valence electrons. The van der Waals surface area contributed by atoms with Crippen LogP contribution in [0.15, 0.2) is 0 Å². The first-order chi connectivity index (χ1) is 4.58. The van der Waals surface area contributed by atoms with Crippen molar-refractivity contribution in [2.24, 2.45) is 5.73 Å². The highest BCUT2D eigenvalue weighted by Gasteiger charge is 2.47. The third-order valence-corrected chi connectivity index (χ3v) is 1.62. The predicted octanol–water partition coefficient (Wildman–Crippen LogP) is -0.358. The van der Waals surface area contributed by atoms with Crippen LogP contribution < -0.4 is 5.73 Å². The number of methoxy groups -OCH3 is 1. The largest absolute Gasteiger partial charge is 0.468 e. The smallest absolute Gasteiger partial charge is 0.326 e. The van der Waals surface area contributed by atoms with Gasteiger partial charge in [-0.2, -0.15) is 0 Å². The Balaban J connectivity index is 0.000001000. The molecule has 0 aliphatic heterocycles. The van der Waals surface area contributed by atoms with Crippen molar-refractivity contribution in [2.45, 2.75) is 18.4 Å². The third kappa shape index (κ3) is 1.70. The monoisotopic (exact) mass is 179 g/mol. The molecule has 11 heavy (non-hydrogen) atoms. The minimum Gasteiger partial charge on any atom is -0.468 e. The molecule has 0 unspecified atom stereocenters. The second-order valence-electron chi connectivity index (χ2n) is 2.54. The lowest BCUT2D eigenvalue weighted by Gasteiger charge is -2.32. The molecule has 1 fully saturated rings. The van der Waals surface area contributed by atoms with Gasteiger partial charge in [0.25, 0.3) is 0 Å². The van der Waals surface area contributed by atoms with Gasteiger partial charge in [0.1, 0.15) is 11.3 Å². The summed E-state index contributed by atoms with van der Waals surface area (Å²) >= 11 is 0. The summed E-state index contributed by atoms with van der Waals surface area (Å²) in [5, 5.41) is 0. The van der Waals surface area contributed by atoms with E-state index in [1.54, 1.807) is 0 Å². The molecular weight excluding hydrogens is 170 g/mol. The average Bonchev–Trinajstić information content (AvgIpc) is 1.83. The molecule has 0 radical (unpaired) electrons. The lowest BCUT2D eigenvalue weighted by molar-refractivity contribution is -0.155. The fourth-order valence-corrected chi connectivity index (χ4v) is 1.000.